The van der Waals surface area contributed by atoms with Gasteiger partial charge in [-0.15, -0.1) is 12.4 Å². The minimum absolute atomic E-state index is 0. The van der Waals surface area contributed by atoms with Crippen LogP contribution in [0.5, 0.6) is 11.5 Å². The summed E-state index contributed by atoms with van der Waals surface area (Å²) in [4.78, 5) is 0. The third-order valence-electron chi connectivity index (χ3n) is 1.75. The van der Waals surface area contributed by atoms with Crippen molar-refractivity contribution < 1.29 is 9.47 Å². The minimum atomic E-state index is 0. The molecule has 0 atom stereocenters. The number of hydrogen-bond donors (Lipinski definition) is 2. The van der Waals surface area contributed by atoms with E-state index in [9.17, 15) is 0 Å². The van der Waals surface area contributed by atoms with Gasteiger partial charge in [-0.05, 0) is 13.8 Å². The van der Waals surface area contributed by atoms with E-state index in [2.05, 4.69) is 0 Å². The summed E-state index contributed by atoms with van der Waals surface area (Å²) in [6, 6.07) is 3.37. The van der Waals surface area contributed by atoms with Crippen LogP contribution in [0.15, 0.2) is 12.1 Å². The molecule has 0 unspecified atom stereocenters. The lowest BCUT2D eigenvalue weighted by Gasteiger charge is -2.12. The maximum absolute atomic E-state index is 5.66. The number of nitrogen functional groups attached to an aromatic ring is 2. The summed E-state index contributed by atoms with van der Waals surface area (Å²) in [6.45, 7) is 4.96. The molecule has 0 aliphatic carbocycles. The molecule has 0 aromatic heterocycles. The van der Waals surface area contributed by atoms with E-state index in [1.807, 2.05) is 13.8 Å². The summed E-state index contributed by atoms with van der Waals surface area (Å²) in [7, 11) is 0. The lowest BCUT2D eigenvalue weighted by molar-refractivity contribution is 0.288. The summed E-state index contributed by atoms with van der Waals surface area (Å²) < 4.78 is 10.7. The van der Waals surface area contributed by atoms with Gasteiger partial charge in [-0.2, -0.15) is 0 Å². The van der Waals surface area contributed by atoms with Gasteiger partial charge in [-0.3, -0.25) is 0 Å². The standard InChI is InChI=1S/C10H16N2O2.ClH/c1-3-13-9-5-7(11)8(12)6-10(9)14-4-2;/h5-6H,3-4,11-12H2,1-2H3;1H. The van der Waals surface area contributed by atoms with Crippen LogP contribution < -0.4 is 20.9 Å². The van der Waals surface area contributed by atoms with Gasteiger partial charge in [0, 0.05) is 12.1 Å². The van der Waals surface area contributed by atoms with Gasteiger partial charge in [0.05, 0.1) is 24.6 Å². The molecule has 0 heterocycles. The normalized spacial score (nSPS) is 9.20. The molecule has 0 radical (unpaired) electrons. The highest BCUT2D eigenvalue weighted by atomic mass is 35.5. The highest BCUT2D eigenvalue weighted by Gasteiger charge is 2.07. The van der Waals surface area contributed by atoms with Crippen LogP contribution in [0.4, 0.5) is 11.4 Å². The van der Waals surface area contributed by atoms with Crippen LogP contribution in [-0.4, -0.2) is 13.2 Å². The fraction of sp³-hybridized carbons (Fsp3) is 0.400. The topological polar surface area (TPSA) is 70.5 Å². The average Bonchev–Trinajstić information content (AvgIpc) is 2.14. The smallest absolute Gasteiger partial charge is 0.163 e. The first-order valence-electron chi connectivity index (χ1n) is 4.63. The van der Waals surface area contributed by atoms with Crippen molar-refractivity contribution in [3.05, 3.63) is 12.1 Å². The fourth-order valence-corrected chi connectivity index (χ4v) is 1.13. The largest absolute Gasteiger partial charge is 0.490 e. The molecule has 1 aromatic rings. The number of halogens is 1. The third-order valence-corrected chi connectivity index (χ3v) is 1.75. The molecule has 0 saturated heterocycles. The van der Waals surface area contributed by atoms with Crippen molar-refractivity contribution in [3.8, 4) is 11.5 Å². The molecule has 15 heavy (non-hydrogen) atoms. The van der Waals surface area contributed by atoms with Crippen molar-refractivity contribution in [2.75, 3.05) is 24.7 Å². The Morgan fingerprint density at radius 2 is 1.27 bits per heavy atom. The minimum Gasteiger partial charge on any atom is -0.490 e. The monoisotopic (exact) mass is 232 g/mol. The third kappa shape index (κ3) is 3.40. The van der Waals surface area contributed by atoms with Crippen molar-refractivity contribution in [1.82, 2.24) is 0 Å². The Kier molecular flexibility index (Phi) is 5.70. The number of benzene rings is 1. The molecule has 0 spiro atoms. The molecule has 0 aliphatic rings. The van der Waals surface area contributed by atoms with E-state index in [1.165, 1.54) is 0 Å². The zero-order valence-electron chi connectivity index (χ0n) is 8.95. The van der Waals surface area contributed by atoms with Gasteiger partial charge in [0.1, 0.15) is 0 Å². The van der Waals surface area contributed by atoms with Gasteiger partial charge < -0.3 is 20.9 Å². The SMILES string of the molecule is CCOc1cc(N)c(N)cc1OCC.Cl. The molecule has 0 aliphatic heterocycles. The van der Waals surface area contributed by atoms with Crippen LogP contribution in [0.1, 0.15) is 13.8 Å². The molecular weight excluding hydrogens is 216 g/mol. The van der Waals surface area contributed by atoms with Crippen LogP contribution in [-0.2, 0) is 0 Å². The molecule has 86 valence electrons. The van der Waals surface area contributed by atoms with E-state index in [1.54, 1.807) is 12.1 Å². The summed E-state index contributed by atoms with van der Waals surface area (Å²) in [5.41, 5.74) is 12.3. The predicted octanol–water partition coefficient (Wildman–Crippen LogP) is 2.07. The highest BCUT2D eigenvalue weighted by molar-refractivity contribution is 5.85. The Morgan fingerprint density at radius 1 is 0.933 bits per heavy atom. The van der Waals surface area contributed by atoms with Gasteiger partial charge in [0.15, 0.2) is 11.5 Å². The number of rotatable bonds is 4. The van der Waals surface area contributed by atoms with Crippen molar-refractivity contribution in [2.45, 2.75) is 13.8 Å². The van der Waals surface area contributed by atoms with Gasteiger partial charge in [0.25, 0.3) is 0 Å². The van der Waals surface area contributed by atoms with E-state index in [-0.39, 0.29) is 12.4 Å². The van der Waals surface area contributed by atoms with E-state index in [4.69, 9.17) is 20.9 Å². The Labute approximate surface area is 96.0 Å². The van der Waals surface area contributed by atoms with Crippen molar-refractivity contribution in [2.24, 2.45) is 0 Å². The van der Waals surface area contributed by atoms with Crippen LogP contribution >= 0.6 is 12.4 Å². The van der Waals surface area contributed by atoms with Gasteiger partial charge in [-0.1, -0.05) is 0 Å². The predicted molar refractivity (Wildman–Crippen MR) is 64.9 cm³/mol. The van der Waals surface area contributed by atoms with E-state index in [0.717, 1.165) is 0 Å². The maximum Gasteiger partial charge on any atom is 0.163 e. The first kappa shape index (κ1) is 13.7. The Balaban J connectivity index is 0.00000196. The van der Waals surface area contributed by atoms with Crippen LogP contribution in [0.25, 0.3) is 0 Å². The van der Waals surface area contributed by atoms with Crippen molar-refractivity contribution in [1.29, 1.82) is 0 Å². The zero-order valence-corrected chi connectivity index (χ0v) is 9.76. The second-order valence-electron chi connectivity index (χ2n) is 2.79. The zero-order chi connectivity index (χ0) is 10.6. The molecule has 0 amide bonds. The molecule has 1 aromatic carbocycles. The van der Waals surface area contributed by atoms with Crippen molar-refractivity contribution in [3.63, 3.8) is 0 Å². The maximum atomic E-state index is 5.66. The van der Waals surface area contributed by atoms with Crippen LogP contribution in [0.2, 0.25) is 0 Å². The lowest BCUT2D eigenvalue weighted by Crippen LogP contribution is -2.02. The second kappa shape index (κ2) is 6.24. The van der Waals surface area contributed by atoms with Gasteiger partial charge in [-0.25, -0.2) is 0 Å². The molecule has 0 bridgehead atoms. The molecule has 4 nitrogen and oxygen atoms in total. The summed E-state index contributed by atoms with van der Waals surface area (Å²) >= 11 is 0. The molecule has 0 fully saturated rings. The molecule has 0 saturated carbocycles. The number of nitrogens with two attached hydrogens (primary N) is 2. The Hall–Kier alpha value is -1.29. The summed E-state index contributed by atoms with van der Waals surface area (Å²) in [5, 5.41) is 0. The molecule has 1 rings (SSSR count). The first-order valence-corrected chi connectivity index (χ1v) is 4.63. The first-order chi connectivity index (χ1) is 6.69. The highest BCUT2D eigenvalue weighted by Crippen LogP contribution is 2.33. The number of hydrogen-bond acceptors (Lipinski definition) is 4. The van der Waals surface area contributed by atoms with E-state index < -0.39 is 0 Å². The second-order valence-corrected chi connectivity index (χ2v) is 2.79. The van der Waals surface area contributed by atoms with Crippen molar-refractivity contribution >= 4 is 23.8 Å². The van der Waals surface area contributed by atoms with Gasteiger partial charge >= 0.3 is 0 Å². The molecule has 5 heteroatoms. The Morgan fingerprint density at radius 3 is 1.53 bits per heavy atom. The van der Waals surface area contributed by atoms with E-state index in [0.29, 0.717) is 36.1 Å². The summed E-state index contributed by atoms with van der Waals surface area (Å²) in [5.74, 6) is 1.28. The number of anilines is 2. The van der Waals surface area contributed by atoms with E-state index >= 15 is 0 Å². The van der Waals surface area contributed by atoms with Crippen LogP contribution in [0, 0.1) is 0 Å². The Bertz CT molecular complexity index is 288. The van der Waals surface area contributed by atoms with Gasteiger partial charge in [0.2, 0.25) is 0 Å². The lowest BCUT2D eigenvalue weighted by atomic mass is 10.2. The fourth-order valence-electron chi connectivity index (χ4n) is 1.13. The average molecular weight is 233 g/mol. The van der Waals surface area contributed by atoms with Crippen LogP contribution in [0.3, 0.4) is 0 Å². The summed E-state index contributed by atoms with van der Waals surface area (Å²) in [6.07, 6.45) is 0. The molecule has 4 N–H and O–H groups in total. The molecular formula is C10H17ClN2O2. The number of ether oxygens (including phenoxy) is 2. The quantitative estimate of drug-likeness (QED) is 0.780.